The maximum Gasteiger partial charge on any atom is 0.416 e. The number of amides is 1. The number of carbonyl (C=O) groups is 1. The molecule has 1 aromatic rings. The van der Waals surface area contributed by atoms with Gasteiger partial charge in [0.05, 0.1) is 5.56 Å². The van der Waals surface area contributed by atoms with Crippen molar-refractivity contribution in [2.45, 2.75) is 57.3 Å². The maximum atomic E-state index is 13.3. The molecule has 0 bridgehead atoms. The molecule has 1 N–H and O–H groups in total. The molecule has 25 heavy (non-hydrogen) atoms. The lowest BCUT2D eigenvalue weighted by atomic mass is 9.95. The van der Waals surface area contributed by atoms with Gasteiger partial charge in [-0.1, -0.05) is 31.0 Å². The van der Waals surface area contributed by atoms with Crippen molar-refractivity contribution in [3.8, 4) is 0 Å². The second kappa shape index (κ2) is 7.77. The van der Waals surface area contributed by atoms with E-state index in [0.717, 1.165) is 57.7 Å². The van der Waals surface area contributed by atoms with E-state index in [-0.39, 0.29) is 30.0 Å². The largest absolute Gasteiger partial charge is 0.416 e. The summed E-state index contributed by atoms with van der Waals surface area (Å²) in [7, 11) is 0. The van der Waals surface area contributed by atoms with Crippen LogP contribution in [0.2, 0.25) is 0 Å². The maximum absolute atomic E-state index is 13.3. The number of hydrogen-bond acceptors (Lipinski definition) is 2. The van der Waals surface area contributed by atoms with E-state index in [9.17, 15) is 18.0 Å². The standard InChI is InChI=1S/C19H25F3N2O/c20-19(21,22)17-8-4-1-5-15(17)13-24(16-6-2-3-7-16)18(25)14-9-11-23-12-10-14/h1,4-5,8,14,16,23H,2-3,6-7,9-13H2. The van der Waals surface area contributed by atoms with Crippen molar-refractivity contribution >= 4 is 5.91 Å². The van der Waals surface area contributed by atoms with Gasteiger partial charge in [0.25, 0.3) is 0 Å². The number of benzene rings is 1. The number of halogens is 3. The van der Waals surface area contributed by atoms with Gasteiger partial charge in [0, 0.05) is 18.5 Å². The van der Waals surface area contributed by atoms with E-state index >= 15 is 0 Å². The molecule has 1 aliphatic heterocycles. The van der Waals surface area contributed by atoms with Crippen LogP contribution in [0.1, 0.15) is 49.7 Å². The van der Waals surface area contributed by atoms with E-state index in [4.69, 9.17) is 0 Å². The molecule has 1 saturated carbocycles. The Bertz CT molecular complexity index is 591. The van der Waals surface area contributed by atoms with E-state index in [0.29, 0.717) is 0 Å². The fraction of sp³-hybridized carbons (Fsp3) is 0.632. The van der Waals surface area contributed by atoms with Crippen LogP contribution in [0.5, 0.6) is 0 Å². The first kappa shape index (κ1) is 18.2. The summed E-state index contributed by atoms with van der Waals surface area (Å²) in [4.78, 5) is 14.8. The van der Waals surface area contributed by atoms with Crippen molar-refractivity contribution < 1.29 is 18.0 Å². The minimum Gasteiger partial charge on any atom is -0.335 e. The minimum absolute atomic E-state index is 0.0328. The number of alkyl halides is 3. The molecule has 138 valence electrons. The number of nitrogens with one attached hydrogen (secondary N) is 1. The first-order chi connectivity index (χ1) is 12.0. The van der Waals surface area contributed by atoms with Crippen LogP contribution in [-0.2, 0) is 17.5 Å². The highest BCUT2D eigenvalue weighted by Crippen LogP contribution is 2.34. The molecule has 6 heteroatoms. The molecular formula is C19H25F3N2O. The van der Waals surface area contributed by atoms with Gasteiger partial charge in [0.15, 0.2) is 0 Å². The van der Waals surface area contributed by atoms with Crippen LogP contribution in [0.25, 0.3) is 0 Å². The fourth-order valence-corrected chi connectivity index (χ4v) is 4.02. The monoisotopic (exact) mass is 354 g/mol. The number of hydrogen-bond donors (Lipinski definition) is 1. The van der Waals surface area contributed by atoms with Crippen LogP contribution >= 0.6 is 0 Å². The Hall–Kier alpha value is -1.56. The molecule has 1 aliphatic carbocycles. The lowest BCUT2D eigenvalue weighted by Gasteiger charge is -2.34. The van der Waals surface area contributed by atoms with E-state index in [1.54, 1.807) is 11.0 Å². The van der Waals surface area contributed by atoms with E-state index in [1.165, 1.54) is 12.1 Å². The fourth-order valence-electron chi connectivity index (χ4n) is 4.02. The van der Waals surface area contributed by atoms with Crippen molar-refractivity contribution in [2.24, 2.45) is 5.92 Å². The predicted molar refractivity (Wildman–Crippen MR) is 89.8 cm³/mol. The highest BCUT2D eigenvalue weighted by atomic mass is 19.4. The van der Waals surface area contributed by atoms with Crippen LogP contribution in [0, 0.1) is 5.92 Å². The van der Waals surface area contributed by atoms with Crippen molar-refractivity contribution in [1.82, 2.24) is 10.2 Å². The summed E-state index contributed by atoms with van der Waals surface area (Å²) in [5.41, 5.74) is -0.430. The molecule has 1 amide bonds. The molecular weight excluding hydrogens is 329 g/mol. The number of piperidine rings is 1. The van der Waals surface area contributed by atoms with Gasteiger partial charge < -0.3 is 10.2 Å². The Morgan fingerprint density at radius 1 is 1.08 bits per heavy atom. The molecule has 0 aromatic heterocycles. The minimum atomic E-state index is -4.39. The first-order valence-electron chi connectivity index (χ1n) is 9.13. The number of nitrogens with zero attached hydrogens (tertiary/aromatic N) is 1. The molecule has 2 fully saturated rings. The van der Waals surface area contributed by atoms with Gasteiger partial charge in [-0.25, -0.2) is 0 Å². The highest BCUT2D eigenvalue weighted by Gasteiger charge is 2.36. The van der Waals surface area contributed by atoms with Gasteiger partial charge in [-0.15, -0.1) is 0 Å². The molecule has 2 aliphatic rings. The zero-order valence-electron chi connectivity index (χ0n) is 14.3. The van der Waals surface area contributed by atoms with Gasteiger partial charge in [0.1, 0.15) is 0 Å². The lowest BCUT2D eigenvalue weighted by Crippen LogP contribution is -2.45. The van der Waals surface area contributed by atoms with Crippen molar-refractivity contribution in [2.75, 3.05) is 13.1 Å². The SMILES string of the molecule is O=C(C1CCNCC1)N(Cc1ccccc1C(F)(F)F)C1CCCC1. The molecule has 0 unspecified atom stereocenters. The Morgan fingerprint density at radius 3 is 2.36 bits per heavy atom. The third-order valence-electron chi connectivity index (χ3n) is 5.40. The summed E-state index contributed by atoms with van der Waals surface area (Å²) in [5, 5.41) is 3.24. The molecule has 3 rings (SSSR count). The lowest BCUT2D eigenvalue weighted by molar-refractivity contribution is -0.142. The summed E-state index contributed by atoms with van der Waals surface area (Å²) in [6.45, 7) is 1.66. The Morgan fingerprint density at radius 2 is 1.72 bits per heavy atom. The average molecular weight is 354 g/mol. The van der Waals surface area contributed by atoms with Crippen molar-refractivity contribution in [1.29, 1.82) is 0 Å². The van der Waals surface area contributed by atoms with Gasteiger partial charge in [0.2, 0.25) is 5.91 Å². The van der Waals surface area contributed by atoms with E-state index in [1.807, 2.05) is 0 Å². The topological polar surface area (TPSA) is 32.3 Å². The number of rotatable bonds is 4. The van der Waals surface area contributed by atoms with Crippen LogP contribution in [0.4, 0.5) is 13.2 Å². The number of carbonyl (C=O) groups excluding carboxylic acids is 1. The Balaban J connectivity index is 1.84. The van der Waals surface area contributed by atoms with Crippen LogP contribution < -0.4 is 5.32 Å². The highest BCUT2D eigenvalue weighted by molar-refractivity contribution is 5.79. The van der Waals surface area contributed by atoms with E-state index < -0.39 is 11.7 Å². The van der Waals surface area contributed by atoms with Crippen LogP contribution in [-0.4, -0.2) is 29.9 Å². The molecule has 0 radical (unpaired) electrons. The van der Waals surface area contributed by atoms with Crippen LogP contribution in [0.3, 0.4) is 0 Å². The van der Waals surface area contributed by atoms with Crippen molar-refractivity contribution in [3.63, 3.8) is 0 Å². The summed E-state index contributed by atoms with van der Waals surface area (Å²) in [6, 6.07) is 5.70. The molecule has 1 heterocycles. The second-order valence-electron chi connectivity index (χ2n) is 7.08. The molecule has 0 spiro atoms. The van der Waals surface area contributed by atoms with Gasteiger partial charge >= 0.3 is 6.18 Å². The Labute approximate surface area is 146 Å². The molecule has 3 nitrogen and oxygen atoms in total. The third kappa shape index (κ3) is 4.35. The zero-order valence-corrected chi connectivity index (χ0v) is 14.3. The third-order valence-corrected chi connectivity index (χ3v) is 5.40. The summed E-state index contributed by atoms with van der Waals surface area (Å²) in [5.74, 6) is -0.0368. The average Bonchev–Trinajstić information content (AvgIpc) is 3.13. The summed E-state index contributed by atoms with van der Waals surface area (Å²) in [6.07, 6.45) is 1.01. The normalized spacial score (nSPS) is 20.0. The smallest absolute Gasteiger partial charge is 0.335 e. The van der Waals surface area contributed by atoms with E-state index in [2.05, 4.69) is 5.32 Å². The molecule has 0 atom stereocenters. The summed E-state index contributed by atoms with van der Waals surface area (Å²) < 4.78 is 40.0. The Kier molecular flexibility index (Phi) is 5.67. The van der Waals surface area contributed by atoms with Gasteiger partial charge in [-0.2, -0.15) is 13.2 Å². The van der Waals surface area contributed by atoms with Crippen molar-refractivity contribution in [3.05, 3.63) is 35.4 Å². The molecule has 1 aromatic carbocycles. The second-order valence-corrected chi connectivity index (χ2v) is 7.08. The van der Waals surface area contributed by atoms with Gasteiger partial charge in [-0.3, -0.25) is 4.79 Å². The van der Waals surface area contributed by atoms with Gasteiger partial charge in [-0.05, 0) is 50.4 Å². The van der Waals surface area contributed by atoms with Crippen LogP contribution in [0.15, 0.2) is 24.3 Å². The zero-order chi connectivity index (χ0) is 17.9. The predicted octanol–water partition coefficient (Wildman–Crippen LogP) is 3.98. The molecule has 1 saturated heterocycles. The quantitative estimate of drug-likeness (QED) is 0.887. The first-order valence-corrected chi connectivity index (χ1v) is 9.13. The summed E-state index contributed by atoms with van der Waals surface area (Å²) >= 11 is 0.